The zero-order chi connectivity index (χ0) is 59.1. The molecular formula is C62H57N3O+2. The fraction of sp³-hybridized carbons (Fsp3) is 0.226. The molecule has 7 aromatic carbocycles. The van der Waals surface area contributed by atoms with Crippen LogP contribution in [0.25, 0.3) is 83.9 Å². The number of ether oxygens (including phenoxy) is 1. The van der Waals surface area contributed by atoms with E-state index in [0.29, 0.717) is 45.2 Å². The van der Waals surface area contributed by atoms with Crippen molar-refractivity contribution in [3.05, 3.63) is 192 Å². The largest absolute Gasteiger partial charge is 0.499 e. The third-order valence-electron chi connectivity index (χ3n) is 13.5. The summed E-state index contributed by atoms with van der Waals surface area (Å²) in [5, 5.41) is 0. The van der Waals surface area contributed by atoms with Crippen LogP contribution in [-0.4, -0.2) is 4.57 Å². The zero-order valence-corrected chi connectivity index (χ0v) is 37.5. The predicted molar refractivity (Wildman–Crippen MR) is 270 cm³/mol. The molecule has 4 nitrogen and oxygen atoms in total. The van der Waals surface area contributed by atoms with Crippen molar-refractivity contribution in [2.45, 2.75) is 91.0 Å². The second-order valence-electron chi connectivity index (χ2n) is 19.9. The van der Waals surface area contributed by atoms with Gasteiger partial charge in [-0.3, -0.25) is 0 Å². The molecule has 5 heterocycles. The highest BCUT2D eigenvalue weighted by molar-refractivity contribution is 5.99. The summed E-state index contributed by atoms with van der Waals surface area (Å²) >= 11 is 0. The van der Waals surface area contributed by atoms with Gasteiger partial charge in [0.15, 0.2) is 17.2 Å². The van der Waals surface area contributed by atoms with Crippen molar-refractivity contribution >= 4 is 11.0 Å². The molecule has 1 spiro atoms. The Labute approximate surface area is 411 Å². The summed E-state index contributed by atoms with van der Waals surface area (Å²) in [7, 11) is 0. The van der Waals surface area contributed by atoms with E-state index in [0.717, 1.165) is 50.0 Å². The fourth-order valence-corrected chi connectivity index (χ4v) is 10.2. The average Bonchev–Trinajstić information content (AvgIpc) is 1.47. The van der Waals surface area contributed by atoms with Crippen molar-refractivity contribution in [3.63, 3.8) is 0 Å². The SMILES string of the molecule is [2H]c1c([2H])c(C(C([2H])([2H])[2H])(C([2H])([2H])[2H])C([2H])([2H])[2H])c([2H])c([2H])c1-c1cc[n+]2c(c1)-c1cc(-c3ccccc3)cc3c1C21Oc2ccccc2-c2n(-c4ccc(-c5cc(C(C)(C)C)cc(C(C)(C)C)c5)cc4C([2H])([2H])[2H])c4cccc-3c4[n+]21. The summed E-state index contributed by atoms with van der Waals surface area (Å²) in [4.78, 5) is 0. The minimum absolute atomic E-state index is 0.123. The summed E-state index contributed by atoms with van der Waals surface area (Å²) in [6, 6.07) is 39.0. The van der Waals surface area contributed by atoms with Gasteiger partial charge in [0.2, 0.25) is 5.69 Å². The minimum Gasteiger partial charge on any atom is -0.392 e. The molecule has 66 heavy (non-hydrogen) atoms. The van der Waals surface area contributed by atoms with Gasteiger partial charge < -0.3 is 4.74 Å². The number of aryl methyl sites for hydroxylation is 1. The Kier molecular flexibility index (Phi) is 5.58. The first-order chi connectivity index (χ1) is 38.1. The molecule has 324 valence electrons. The van der Waals surface area contributed by atoms with Gasteiger partial charge in [-0.1, -0.05) is 159 Å². The van der Waals surface area contributed by atoms with Crippen LogP contribution >= 0.6 is 0 Å². The lowest BCUT2D eigenvalue weighted by atomic mass is 9.79. The highest BCUT2D eigenvalue weighted by Crippen LogP contribution is 2.54. The van der Waals surface area contributed by atoms with Crippen LogP contribution in [-0.2, 0) is 22.1 Å². The number of hydrogen-bond acceptors (Lipinski definition) is 1. The molecule has 0 bridgehead atoms. The van der Waals surface area contributed by atoms with Gasteiger partial charge in [0.1, 0.15) is 22.6 Å². The van der Waals surface area contributed by atoms with Crippen molar-refractivity contribution in [1.82, 2.24) is 4.57 Å². The molecule has 2 aromatic heterocycles. The molecule has 3 aliphatic heterocycles. The topological polar surface area (TPSA) is 21.9 Å². The minimum atomic E-state index is -3.85. The van der Waals surface area contributed by atoms with Crippen LogP contribution in [0.5, 0.6) is 5.75 Å². The van der Waals surface area contributed by atoms with Crippen molar-refractivity contribution in [2.24, 2.45) is 0 Å². The Balaban J connectivity index is 1.16. The van der Waals surface area contributed by atoms with E-state index in [1.54, 1.807) is 24.4 Å². The first kappa shape index (κ1) is 26.8. The smallest absolute Gasteiger partial charge is 0.392 e. The maximum atomic E-state index is 9.43. The Hall–Kier alpha value is -7.04. The second kappa shape index (κ2) is 13.7. The number of benzene rings is 7. The number of aromatic nitrogens is 3. The average molecular weight is 876 g/mol. The van der Waals surface area contributed by atoms with Gasteiger partial charge in [-0.05, 0) is 127 Å². The molecule has 0 N–H and O–H groups in total. The highest BCUT2D eigenvalue weighted by atomic mass is 16.5. The van der Waals surface area contributed by atoms with Gasteiger partial charge in [-0.2, -0.15) is 4.57 Å². The zero-order valence-electron chi connectivity index (χ0n) is 53.5. The van der Waals surface area contributed by atoms with E-state index < -0.39 is 68.4 Å². The molecule has 0 saturated carbocycles. The molecule has 4 heteroatoms. The van der Waals surface area contributed by atoms with Crippen LogP contribution in [0.4, 0.5) is 0 Å². The summed E-state index contributed by atoms with van der Waals surface area (Å²) in [5.41, 5.74) is 6.03. The fourth-order valence-electron chi connectivity index (χ4n) is 10.2. The van der Waals surface area contributed by atoms with Gasteiger partial charge in [-0.25, -0.2) is 0 Å². The molecule has 0 amide bonds. The number of pyridine rings is 1. The van der Waals surface area contributed by atoms with Gasteiger partial charge >= 0.3 is 11.7 Å². The van der Waals surface area contributed by atoms with Crippen LogP contribution in [0.15, 0.2) is 164 Å². The number of para-hydroxylation sites is 2. The van der Waals surface area contributed by atoms with Gasteiger partial charge in [0.05, 0.1) is 11.0 Å². The van der Waals surface area contributed by atoms with Crippen LogP contribution in [0.1, 0.15) is 112 Å². The summed E-state index contributed by atoms with van der Waals surface area (Å²) < 4.78 is 154. The summed E-state index contributed by atoms with van der Waals surface area (Å²) in [6.07, 6.45) is 1.70. The van der Waals surface area contributed by atoms with E-state index in [1.165, 1.54) is 0 Å². The monoisotopic (exact) mass is 876 g/mol. The lowest BCUT2D eigenvalue weighted by Gasteiger charge is -2.32. The van der Waals surface area contributed by atoms with Crippen molar-refractivity contribution < 1.29 is 35.8 Å². The molecule has 1 atom stereocenters. The van der Waals surface area contributed by atoms with Crippen LogP contribution < -0.4 is 13.9 Å². The summed E-state index contributed by atoms with van der Waals surface area (Å²) in [5.74, 6) is -0.513. The van der Waals surface area contributed by atoms with E-state index in [2.05, 4.69) is 70.4 Å². The van der Waals surface area contributed by atoms with Crippen LogP contribution in [0.2, 0.25) is 0 Å². The quantitative estimate of drug-likeness (QED) is 0.161. The number of fused-ring (bicyclic) bond motifs is 5. The van der Waals surface area contributed by atoms with Gasteiger partial charge in [0, 0.05) is 39.7 Å². The molecule has 0 radical (unpaired) electrons. The first-order valence-corrected chi connectivity index (χ1v) is 22.3. The van der Waals surface area contributed by atoms with E-state index in [9.17, 15) is 9.60 Å². The number of hydrogen-bond donors (Lipinski definition) is 0. The maximum absolute atomic E-state index is 9.43. The Bertz CT molecular complexity index is 4120. The lowest BCUT2D eigenvalue weighted by Crippen LogP contribution is -2.78. The Morgan fingerprint density at radius 3 is 1.95 bits per heavy atom. The molecule has 0 saturated heterocycles. The maximum Gasteiger partial charge on any atom is 0.499 e. The third-order valence-corrected chi connectivity index (χ3v) is 13.5. The van der Waals surface area contributed by atoms with E-state index in [1.807, 2.05) is 100 Å². The van der Waals surface area contributed by atoms with Crippen molar-refractivity contribution in [1.29, 1.82) is 0 Å². The number of nitrogens with zero attached hydrogens (tertiary/aromatic N) is 3. The Morgan fingerprint density at radius 1 is 0.545 bits per heavy atom. The first-order valence-electron chi connectivity index (χ1n) is 30.3. The van der Waals surface area contributed by atoms with E-state index in [-0.39, 0.29) is 27.5 Å². The van der Waals surface area contributed by atoms with E-state index >= 15 is 0 Å². The molecule has 9 aromatic rings. The summed E-state index contributed by atoms with van der Waals surface area (Å²) in [6.45, 7) is -1.15. The number of imidazole rings is 1. The van der Waals surface area contributed by atoms with Crippen molar-refractivity contribution in [3.8, 4) is 78.6 Å². The third kappa shape index (κ3) is 5.83. The molecule has 0 aliphatic carbocycles. The van der Waals surface area contributed by atoms with Gasteiger partial charge in [-0.15, -0.1) is 9.13 Å². The molecular weight excluding hydrogens is 803 g/mol. The van der Waals surface area contributed by atoms with E-state index in [4.69, 9.17) is 17.1 Å². The van der Waals surface area contributed by atoms with Crippen molar-refractivity contribution in [2.75, 3.05) is 0 Å². The van der Waals surface area contributed by atoms with Gasteiger partial charge in [0.25, 0.3) is 0 Å². The lowest BCUT2D eigenvalue weighted by molar-refractivity contribution is -0.997. The molecule has 3 aliphatic rings. The second-order valence-corrected chi connectivity index (χ2v) is 19.9. The molecule has 0 fully saturated rings. The Morgan fingerprint density at radius 2 is 1.23 bits per heavy atom. The standard InChI is InChI=1S/C62H57N3O/c1-38-31-41(43-32-46(60(5,6)7)37-47(33-43)61(8,9)10)25-28-52(38)64-53-21-16-20-48-50-34-44(39-17-12-11-13-18-39)35-51-54-36-42(40-23-26-45(27-24-40)59(2,3)4)29-30-63(54)62(56(50)51)65(57(48)53)58(64)49-19-14-15-22-55(49)66-62/h11-37H,1-10H3/q+2/i1D3,2D3,3D3,4D3,23D,24D,26D,27D. The molecule has 1 unspecified atom stereocenters. The highest BCUT2D eigenvalue weighted by Gasteiger charge is 2.68. The predicted octanol–water partition coefficient (Wildman–Crippen LogP) is 14.6. The normalized spacial score (nSPS) is 19.9. The molecule has 12 rings (SSSR count). The van der Waals surface area contributed by atoms with Crippen LogP contribution in [0, 0.1) is 6.85 Å². The van der Waals surface area contributed by atoms with Crippen LogP contribution in [0.3, 0.4) is 0 Å². The number of rotatable bonds is 4.